The molecule has 0 aromatic rings. The summed E-state index contributed by atoms with van der Waals surface area (Å²) >= 11 is 0. The molecular weight excluding hydrogens is 152 g/mol. The van der Waals surface area contributed by atoms with E-state index in [4.69, 9.17) is 6.42 Å². The van der Waals surface area contributed by atoms with E-state index in [1.165, 1.54) is 0 Å². The standard InChI is InChI=1S/C9H14N2O/c1-2-9(12)8-11-6-3-4-10-5-7-11/h1,10H,3-8H2. The number of ketones is 1. The first-order valence-electron chi connectivity index (χ1n) is 4.25. The number of nitrogens with one attached hydrogen (secondary N) is 1. The lowest BCUT2D eigenvalue weighted by molar-refractivity contribution is -0.114. The van der Waals surface area contributed by atoms with Crippen molar-refractivity contribution in [2.24, 2.45) is 0 Å². The fraction of sp³-hybridized carbons (Fsp3) is 0.667. The molecule has 1 aliphatic rings. The second kappa shape index (κ2) is 4.91. The number of Topliss-reactive ketones (excluding diaryl/α,β-unsaturated/α-hetero) is 1. The topological polar surface area (TPSA) is 32.3 Å². The molecule has 0 aromatic heterocycles. The van der Waals surface area contributed by atoms with Crippen molar-refractivity contribution in [3.63, 3.8) is 0 Å². The normalized spacial score (nSPS) is 19.6. The molecule has 1 heterocycles. The molecule has 66 valence electrons. The van der Waals surface area contributed by atoms with E-state index in [9.17, 15) is 4.79 Å². The summed E-state index contributed by atoms with van der Waals surface area (Å²) in [6, 6.07) is 0. The van der Waals surface area contributed by atoms with Crippen LogP contribution in [0, 0.1) is 12.3 Å². The molecule has 1 fully saturated rings. The Labute approximate surface area is 73.1 Å². The molecule has 1 N–H and O–H groups in total. The third-order valence-electron chi connectivity index (χ3n) is 1.96. The summed E-state index contributed by atoms with van der Waals surface area (Å²) < 4.78 is 0. The van der Waals surface area contributed by atoms with Crippen LogP contribution < -0.4 is 5.32 Å². The van der Waals surface area contributed by atoms with Crippen molar-refractivity contribution in [1.82, 2.24) is 10.2 Å². The number of hydrogen-bond donors (Lipinski definition) is 1. The van der Waals surface area contributed by atoms with Crippen LogP contribution in [-0.4, -0.2) is 43.4 Å². The van der Waals surface area contributed by atoms with Crippen molar-refractivity contribution >= 4 is 5.78 Å². The number of terminal acetylenes is 1. The molecule has 0 radical (unpaired) electrons. The van der Waals surface area contributed by atoms with Crippen molar-refractivity contribution in [3.8, 4) is 12.3 Å². The van der Waals surface area contributed by atoms with E-state index in [1.54, 1.807) is 0 Å². The Balaban J connectivity index is 2.30. The van der Waals surface area contributed by atoms with Gasteiger partial charge in [-0.2, -0.15) is 0 Å². The van der Waals surface area contributed by atoms with Crippen LogP contribution in [0.4, 0.5) is 0 Å². The molecule has 3 nitrogen and oxygen atoms in total. The highest BCUT2D eigenvalue weighted by Crippen LogP contribution is 1.94. The molecular formula is C9H14N2O. The fourth-order valence-corrected chi connectivity index (χ4v) is 1.31. The fourth-order valence-electron chi connectivity index (χ4n) is 1.31. The van der Waals surface area contributed by atoms with Crippen molar-refractivity contribution in [2.45, 2.75) is 6.42 Å². The highest BCUT2D eigenvalue weighted by molar-refractivity contribution is 5.96. The SMILES string of the molecule is C#CC(=O)CN1CCCNCC1. The Hall–Kier alpha value is -0.850. The summed E-state index contributed by atoms with van der Waals surface area (Å²) in [5.41, 5.74) is 0. The zero-order chi connectivity index (χ0) is 8.81. The molecule has 3 heteroatoms. The summed E-state index contributed by atoms with van der Waals surface area (Å²) in [6.07, 6.45) is 6.08. The van der Waals surface area contributed by atoms with E-state index in [1.807, 2.05) is 0 Å². The molecule has 0 unspecified atom stereocenters. The van der Waals surface area contributed by atoms with Gasteiger partial charge in [-0.1, -0.05) is 0 Å². The number of carbonyl (C=O) groups excluding carboxylic acids is 1. The van der Waals surface area contributed by atoms with Crippen LogP contribution in [0.5, 0.6) is 0 Å². The first kappa shape index (κ1) is 9.24. The number of hydrogen-bond acceptors (Lipinski definition) is 3. The van der Waals surface area contributed by atoms with E-state index in [0.29, 0.717) is 6.54 Å². The second-order valence-corrected chi connectivity index (χ2v) is 2.95. The minimum absolute atomic E-state index is 0.114. The van der Waals surface area contributed by atoms with Gasteiger partial charge in [0.2, 0.25) is 5.78 Å². The Morgan fingerprint density at radius 2 is 2.33 bits per heavy atom. The van der Waals surface area contributed by atoms with Crippen LogP contribution in [-0.2, 0) is 4.79 Å². The molecule has 12 heavy (non-hydrogen) atoms. The molecule has 1 saturated heterocycles. The van der Waals surface area contributed by atoms with E-state index < -0.39 is 0 Å². The first-order valence-corrected chi connectivity index (χ1v) is 4.25. The van der Waals surface area contributed by atoms with Gasteiger partial charge in [-0.3, -0.25) is 9.69 Å². The predicted octanol–water partition coefficient (Wildman–Crippen LogP) is -0.516. The van der Waals surface area contributed by atoms with Crippen LogP contribution in [0.3, 0.4) is 0 Å². The minimum Gasteiger partial charge on any atom is -0.315 e. The lowest BCUT2D eigenvalue weighted by Crippen LogP contribution is -2.32. The number of carbonyl (C=O) groups is 1. The van der Waals surface area contributed by atoms with Crippen molar-refractivity contribution in [2.75, 3.05) is 32.7 Å². The number of nitrogens with zero attached hydrogens (tertiary/aromatic N) is 1. The molecule has 0 aromatic carbocycles. The third kappa shape index (κ3) is 3.04. The molecule has 1 aliphatic heterocycles. The van der Waals surface area contributed by atoms with Gasteiger partial charge in [-0.15, -0.1) is 6.42 Å². The first-order chi connectivity index (χ1) is 5.83. The summed E-state index contributed by atoms with van der Waals surface area (Å²) in [7, 11) is 0. The second-order valence-electron chi connectivity index (χ2n) is 2.95. The minimum atomic E-state index is -0.114. The largest absolute Gasteiger partial charge is 0.315 e. The molecule has 0 atom stereocenters. The average Bonchev–Trinajstić information content (AvgIpc) is 2.33. The molecule has 1 rings (SSSR count). The van der Waals surface area contributed by atoms with Crippen molar-refractivity contribution < 1.29 is 4.79 Å². The van der Waals surface area contributed by atoms with Crippen molar-refractivity contribution in [1.29, 1.82) is 0 Å². The van der Waals surface area contributed by atoms with Gasteiger partial charge in [0.1, 0.15) is 0 Å². The van der Waals surface area contributed by atoms with E-state index in [-0.39, 0.29) is 5.78 Å². The van der Waals surface area contributed by atoms with Gasteiger partial charge in [0.15, 0.2) is 0 Å². The van der Waals surface area contributed by atoms with Crippen molar-refractivity contribution in [3.05, 3.63) is 0 Å². The van der Waals surface area contributed by atoms with Gasteiger partial charge in [-0.25, -0.2) is 0 Å². The van der Waals surface area contributed by atoms with E-state index >= 15 is 0 Å². The van der Waals surface area contributed by atoms with Crippen LogP contribution in [0.15, 0.2) is 0 Å². The smallest absolute Gasteiger partial charge is 0.219 e. The van der Waals surface area contributed by atoms with E-state index in [0.717, 1.165) is 32.6 Å². The maximum atomic E-state index is 10.9. The lowest BCUT2D eigenvalue weighted by atomic mass is 10.3. The van der Waals surface area contributed by atoms with Crippen LogP contribution in [0.25, 0.3) is 0 Å². The van der Waals surface area contributed by atoms with Gasteiger partial charge in [-0.05, 0) is 25.4 Å². The van der Waals surface area contributed by atoms with Gasteiger partial charge in [0, 0.05) is 13.1 Å². The monoisotopic (exact) mass is 166 g/mol. The average molecular weight is 166 g/mol. The van der Waals surface area contributed by atoms with Gasteiger partial charge < -0.3 is 5.32 Å². The Morgan fingerprint density at radius 1 is 1.50 bits per heavy atom. The zero-order valence-electron chi connectivity index (χ0n) is 7.18. The van der Waals surface area contributed by atoms with Gasteiger partial charge in [0.25, 0.3) is 0 Å². The van der Waals surface area contributed by atoms with E-state index in [2.05, 4.69) is 16.1 Å². The highest BCUT2D eigenvalue weighted by atomic mass is 16.1. The lowest BCUT2D eigenvalue weighted by Gasteiger charge is -2.16. The third-order valence-corrected chi connectivity index (χ3v) is 1.96. The summed E-state index contributed by atoms with van der Waals surface area (Å²) in [4.78, 5) is 13.0. The predicted molar refractivity (Wildman–Crippen MR) is 47.8 cm³/mol. The molecule has 0 amide bonds. The van der Waals surface area contributed by atoms with Crippen LogP contribution in [0.2, 0.25) is 0 Å². The zero-order valence-corrected chi connectivity index (χ0v) is 7.18. The van der Waals surface area contributed by atoms with Crippen LogP contribution >= 0.6 is 0 Å². The molecule has 0 saturated carbocycles. The maximum absolute atomic E-state index is 10.9. The molecule has 0 aliphatic carbocycles. The Morgan fingerprint density at radius 3 is 3.08 bits per heavy atom. The molecule has 0 spiro atoms. The van der Waals surface area contributed by atoms with Crippen LogP contribution in [0.1, 0.15) is 6.42 Å². The highest BCUT2D eigenvalue weighted by Gasteiger charge is 2.10. The summed E-state index contributed by atoms with van der Waals surface area (Å²) in [5, 5.41) is 3.26. The Kier molecular flexibility index (Phi) is 3.78. The maximum Gasteiger partial charge on any atom is 0.219 e. The summed E-state index contributed by atoms with van der Waals surface area (Å²) in [6.45, 7) is 4.31. The van der Waals surface area contributed by atoms with Gasteiger partial charge in [0.05, 0.1) is 6.54 Å². The number of rotatable bonds is 2. The van der Waals surface area contributed by atoms with Gasteiger partial charge >= 0.3 is 0 Å². The molecule has 0 bridgehead atoms. The Bertz CT molecular complexity index is 187. The summed E-state index contributed by atoms with van der Waals surface area (Å²) in [5.74, 6) is 2.02. The quantitative estimate of drug-likeness (QED) is 0.443.